The molecule has 4 rings (SSSR count). The lowest BCUT2D eigenvalue weighted by Gasteiger charge is -2.31. The Kier molecular flexibility index (Phi) is 6.89. The zero-order chi connectivity index (χ0) is 21.6. The molecule has 1 saturated heterocycles. The fourth-order valence-corrected chi connectivity index (χ4v) is 4.00. The molecule has 31 heavy (non-hydrogen) atoms. The summed E-state index contributed by atoms with van der Waals surface area (Å²) < 4.78 is 17.3. The molecule has 2 aromatic rings. The molecule has 2 aromatic carbocycles. The van der Waals surface area contributed by atoms with Gasteiger partial charge in [0.1, 0.15) is 5.75 Å². The number of hydrogen-bond donors (Lipinski definition) is 1. The molecule has 0 radical (unpaired) electrons. The molecule has 2 aliphatic heterocycles. The van der Waals surface area contributed by atoms with Gasteiger partial charge in [-0.05, 0) is 47.7 Å². The van der Waals surface area contributed by atoms with Gasteiger partial charge in [-0.15, -0.1) is 0 Å². The highest BCUT2D eigenvalue weighted by Crippen LogP contribution is 2.33. The van der Waals surface area contributed by atoms with Gasteiger partial charge in [0.05, 0.1) is 20.3 Å². The standard InChI is InChI=1S/C25H29NO5/c1-29-22-10-8-20(9-11-22)21-14-23(25(28)26-12-2-3-13-26)31-24(15-21)30-17-19-6-4-18(16-27)5-7-19/h4-11,14,21,24,27H,2-3,12-13,15-17H2,1H3/t21-,24+/m1/s1. The molecular formula is C25H29NO5. The Morgan fingerprint density at radius 3 is 2.39 bits per heavy atom. The molecule has 0 unspecified atom stereocenters. The van der Waals surface area contributed by atoms with E-state index < -0.39 is 6.29 Å². The van der Waals surface area contributed by atoms with Crippen LogP contribution < -0.4 is 4.74 Å². The van der Waals surface area contributed by atoms with Crippen LogP contribution in [-0.2, 0) is 27.5 Å². The van der Waals surface area contributed by atoms with Gasteiger partial charge in [0.15, 0.2) is 5.76 Å². The lowest BCUT2D eigenvalue weighted by Crippen LogP contribution is -2.34. The Morgan fingerprint density at radius 2 is 1.74 bits per heavy atom. The van der Waals surface area contributed by atoms with Crippen molar-refractivity contribution in [3.05, 3.63) is 77.1 Å². The van der Waals surface area contributed by atoms with Crippen LogP contribution in [0.15, 0.2) is 60.4 Å². The fraction of sp³-hybridized carbons (Fsp3) is 0.400. The third kappa shape index (κ3) is 5.27. The molecule has 0 bridgehead atoms. The van der Waals surface area contributed by atoms with Crippen molar-refractivity contribution in [1.29, 1.82) is 0 Å². The molecule has 0 aliphatic carbocycles. The van der Waals surface area contributed by atoms with E-state index in [2.05, 4.69) is 0 Å². The first-order valence-corrected chi connectivity index (χ1v) is 10.8. The Labute approximate surface area is 183 Å². The van der Waals surface area contributed by atoms with Crippen molar-refractivity contribution < 1.29 is 24.1 Å². The molecular weight excluding hydrogens is 394 g/mol. The van der Waals surface area contributed by atoms with E-state index in [-0.39, 0.29) is 18.4 Å². The second kappa shape index (κ2) is 9.98. The van der Waals surface area contributed by atoms with Gasteiger partial charge in [-0.2, -0.15) is 0 Å². The van der Waals surface area contributed by atoms with Crippen LogP contribution in [0.1, 0.15) is 41.9 Å². The molecule has 2 aliphatic rings. The number of methoxy groups -OCH3 is 1. The predicted octanol–water partition coefficient (Wildman–Crippen LogP) is 3.74. The van der Waals surface area contributed by atoms with Crippen LogP contribution in [0.25, 0.3) is 0 Å². The summed E-state index contributed by atoms with van der Waals surface area (Å²) in [5.74, 6) is 1.13. The van der Waals surface area contributed by atoms with Gasteiger partial charge in [-0.25, -0.2) is 0 Å². The van der Waals surface area contributed by atoms with E-state index in [1.54, 1.807) is 7.11 Å². The van der Waals surface area contributed by atoms with Gasteiger partial charge in [0, 0.05) is 25.4 Å². The number of aliphatic hydroxyl groups excluding tert-OH is 1. The van der Waals surface area contributed by atoms with Crippen LogP contribution in [-0.4, -0.2) is 42.4 Å². The highest BCUT2D eigenvalue weighted by Gasteiger charge is 2.31. The Morgan fingerprint density at radius 1 is 1.06 bits per heavy atom. The van der Waals surface area contributed by atoms with Gasteiger partial charge in [-0.3, -0.25) is 4.79 Å². The summed E-state index contributed by atoms with van der Waals surface area (Å²) in [5.41, 5.74) is 2.94. The number of aliphatic hydroxyl groups is 1. The van der Waals surface area contributed by atoms with Gasteiger partial charge in [0.2, 0.25) is 6.29 Å². The van der Waals surface area contributed by atoms with Crippen LogP contribution in [0, 0.1) is 0 Å². The minimum absolute atomic E-state index is 0.0166. The molecule has 6 heteroatoms. The largest absolute Gasteiger partial charge is 0.497 e. The van der Waals surface area contributed by atoms with Crippen LogP contribution in [0.4, 0.5) is 0 Å². The molecule has 164 valence electrons. The quantitative estimate of drug-likeness (QED) is 0.735. The lowest BCUT2D eigenvalue weighted by atomic mass is 9.92. The second-order valence-corrected chi connectivity index (χ2v) is 7.98. The van der Waals surface area contributed by atoms with E-state index in [0.717, 1.165) is 48.4 Å². The van der Waals surface area contributed by atoms with Crippen molar-refractivity contribution in [2.45, 2.75) is 44.7 Å². The number of ether oxygens (including phenoxy) is 3. The summed E-state index contributed by atoms with van der Waals surface area (Å²) in [4.78, 5) is 14.9. The second-order valence-electron chi connectivity index (χ2n) is 7.98. The maximum Gasteiger partial charge on any atom is 0.288 e. The molecule has 6 nitrogen and oxygen atoms in total. The van der Waals surface area contributed by atoms with Crippen LogP contribution in [0.3, 0.4) is 0 Å². The summed E-state index contributed by atoms with van der Waals surface area (Å²) in [6.45, 7) is 1.94. The minimum atomic E-state index is -0.517. The predicted molar refractivity (Wildman–Crippen MR) is 116 cm³/mol. The highest BCUT2D eigenvalue weighted by atomic mass is 16.7. The maximum absolute atomic E-state index is 13.0. The van der Waals surface area contributed by atoms with Gasteiger partial charge < -0.3 is 24.2 Å². The summed E-state index contributed by atoms with van der Waals surface area (Å²) in [5, 5.41) is 9.20. The smallest absolute Gasteiger partial charge is 0.288 e. The topological polar surface area (TPSA) is 68.2 Å². The molecule has 1 fully saturated rings. The highest BCUT2D eigenvalue weighted by molar-refractivity contribution is 5.92. The first kappa shape index (κ1) is 21.4. The molecule has 2 heterocycles. The molecule has 1 amide bonds. The number of amides is 1. The number of benzene rings is 2. The van der Waals surface area contributed by atoms with Crippen molar-refractivity contribution in [2.24, 2.45) is 0 Å². The minimum Gasteiger partial charge on any atom is -0.497 e. The molecule has 0 spiro atoms. The summed E-state index contributed by atoms with van der Waals surface area (Å²) in [6, 6.07) is 15.5. The Balaban J connectivity index is 1.50. The van der Waals surface area contributed by atoms with Gasteiger partial charge in [0.25, 0.3) is 5.91 Å². The normalized spacial score (nSPS) is 20.8. The van der Waals surface area contributed by atoms with Crippen molar-refractivity contribution in [3.63, 3.8) is 0 Å². The summed E-state index contributed by atoms with van der Waals surface area (Å²) in [7, 11) is 1.65. The number of likely N-dealkylation sites (tertiary alicyclic amines) is 1. The molecule has 1 N–H and O–H groups in total. The zero-order valence-corrected chi connectivity index (χ0v) is 17.8. The van der Waals surface area contributed by atoms with Crippen LogP contribution in [0.5, 0.6) is 5.75 Å². The Bertz CT molecular complexity index is 901. The van der Waals surface area contributed by atoms with E-state index >= 15 is 0 Å². The van der Waals surface area contributed by atoms with E-state index in [9.17, 15) is 9.90 Å². The third-order valence-electron chi connectivity index (χ3n) is 5.85. The van der Waals surface area contributed by atoms with Crippen molar-refractivity contribution >= 4 is 5.91 Å². The van der Waals surface area contributed by atoms with Crippen LogP contribution in [0.2, 0.25) is 0 Å². The molecule has 0 aromatic heterocycles. The number of hydrogen-bond acceptors (Lipinski definition) is 5. The van der Waals surface area contributed by atoms with Crippen molar-refractivity contribution in [1.82, 2.24) is 4.90 Å². The first-order chi connectivity index (χ1) is 15.2. The SMILES string of the molecule is COc1ccc([C@@H]2C=C(C(=O)N3CCCC3)O[C@H](OCc3ccc(CO)cc3)C2)cc1. The average Bonchev–Trinajstić information content (AvgIpc) is 3.37. The van der Waals surface area contributed by atoms with Gasteiger partial charge in [-0.1, -0.05) is 36.4 Å². The fourth-order valence-electron chi connectivity index (χ4n) is 4.00. The number of nitrogens with zero attached hydrogens (tertiary/aromatic N) is 1. The molecule has 0 saturated carbocycles. The zero-order valence-electron chi connectivity index (χ0n) is 17.8. The van der Waals surface area contributed by atoms with Crippen molar-refractivity contribution in [2.75, 3.05) is 20.2 Å². The van der Waals surface area contributed by atoms with E-state index in [1.807, 2.05) is 59.5 Å². The van der Waals surface area contributed by atoms with Gasteiger partial charge >= 0.3 is 0 Å². The lowest BCUT2D eigenvalue weighted by molar-refractivity contribution is -0.155. The molecule has 2 atom stereocenters. The van der Waals surface area contributed by atoms with E-state index in [0.29, 0.717) is 18.8 Å². The third-order valence-corrected chi connectivity index (χ3v) is 5.85. The first-order valence-electron chi connectivity index (χ1n) is 10.8. The summed E-state index contributed by atoms with van der Waals surface area (Å²) in [6.07, 6.45) is 4.10. The Hall–Kier alpha value is -2.83. The number of allylic oxidation sites excluding steroid dienone is 1. The van der Waals surface area contributed by atoms with E-state index in [4.69, 9.17) is 14.2 Å². The monoisotopic (exact) mass is 423 g/mol. The van der Waals surface area contributed by atoms with Crippen molar-refractivity contribution in [3.8, 4) is 5.75 Å². The van der Waals surface area contributed by atoms with Crippen LogP contribution >= 0.6 is 0 Å². The number of carbonyl (C=O) groups is 1. The van der Waals surface area contributed by atoms with E-state index in [1.165, 1.54) is 0 Å². The average molecular weight is 424 g/mol. The number of carbonyl (C=O) groups excluding carboxylic acids is 1. The maximum atomic E-state index is 13.0. The summed E-state index contributed by atoms with van der Waals surface area (Å²) >= 11 is 0. The number of rotatable bonds is 7.